The summed E-state index contributed by atoms with van der Waals surface area (Å²) in [5.41, 5.74) is 5.83. The van der Waals surface area contributed by atoms with Gasteiger partial charge in [-0.3, -0.25) is 14.5 Å². The molecule has 6 heteroatoms. The lowest BCUT2D eigenvalue weighted by molar-refractivity contribution is -0.139. The van der Waals surface area contributed by atoms with Crippen molar-refractivity contribution in [2.45, 2.75) is 13.0 Å². The largest absolute Gasteiger partial charge is 0.481 e. The Morgan fingerprint density at radius 1 is 1.42 bits per heavy atom. The Labute approximate surface area is 109 Å². The normalized spacial score (nSPS) is 16.1. The molecule has 1 aromatic rings. The highest BCUT2D eigenvalue weighted by Gasteiger charge is 2.28. The topological polar surface area (TPSA) is 83.6 Å². The van der Waals surface area contributed by atoms with E-state index in [1.165, 1.54) is 18.2 Å². The third kappa shape index (κ3) is 3.29. The number of carbonyl (C=O) groups is 2. The van der Waals surface area contributed by atoms with E-state index in [1.54, 1.807) is 0 Å². The van der Waals surface area contributed by atoms with Crippen molar-refractivity contribution < 1.29 is 19.1 Å². The lowest BCUT2D eigenvalue weighted by Crippen LogP contribution is -2.46. The van der Waals surface area contributed by atoms with Crippen molar-refractivity contribution in [3.05, 3.63) is 35.1 Å². The number of likely N-dealkylation sites (tertiary alicyclic amines) is 1. The summed E-state index contributed by atoms with van der Waals surface area (Å²) >= 11 is 0. The minimum absolute atomic E-state index is 0.125. The van der Waals surface area contributed by atoms with Crippen LogP contribution < -0.4 is 5.73 Å². The molecule has 0 bridgehead atoms. The molecule has 1 saturated heterocycles. The van der Waals surface area contributed by atoms with Crippen LogP contribution in [0.3, 0.4) is 0 Å². The molecule has 0 spiro atoms. The Bertz CT molecular complexity index is 513. The molecule has 0 unspecified atom stereocenters. The molecule has 102 valence electrons. The number of carboxylic acids is 1. The van der Waals surface area contributed by atoms with E-state index in [2.05, 4.69) is 0 Å². The number of halogens is 1. The second-order valence-corrected chi connectivity index (χ2v) is 4.83. The van der Waals surface area contributed by atoms with Crippen LogP contribution >= 0.6 is 0 Å². The number of nitrogens with zero attached hydrogens (tertiary/aromatic N) is 1. The molecule has 0 atom stereocenters. The van der Waals surface area contributed by atoms with E-state index in [0.717, 1.165) is 0 Å². The van der Waals surface area contributed by atoms with Gasteiger partial charge >= 0.3 is 5.97 Å². The fourth-order valence-electron chi connectivity index (χ4n) is 2.27. The number of hydrogen-bond donors (Lipinski definition) is 2. The highest BCUT2D eigenvalue weighted by Crippen LogP contribution is 2.22. The summed E-state index contributed by atoms with van der Waals surface area (Å²) in [5.74, 6) is -1.66. The molecule has 1 aromatic carbocycles. The van der Waals surface area contributed by atoms with Crippen molar-refractivity contribution >= 4 is 11.9 Å². The lowest BCUT2D eigenvalue weighted by Gasteiger charge is -2.38. The van der Waals surface area contributed by atoms with Crippen LogP contribution in [0.4, 0.5) is 4.39 Å². The Kier molecular flexibility index (Phi) is 3.80. The second kappa shape index (κ2) is 5.36. The number of hydrogen-bond acceptors (Lipinski definition) is 3. The average Bonchev–Trinajstić information content (AvgIpc) is 2.27. The molecule has 1 heterocycles. The van der Waals surface area contributed by atoms with Crippen molar-refractivity contribution in [2.75, 3.05) is 13.1 Å². The van der Waals surface area contributed by atoms with Gasteiger partial charge in [-0.15, -0.1) is 0 Å². The van der Waals surface area contributed by atoms with Gasteiger partial charge in [-0.05, 0) is 24.1 Å². The van der Waals surface area contributed by atoms with Crippen LogP contribution in [0, 0.1) is 11.7 Å². The average molecular weight is 266 g/mol. The first kappa shape index (κ1) is 13.5. The predicted octanol–water partition coefficient (Wildman–Crippen LogP) is 0.831. The molecule has 1 amide bonds. The summed E-state index contributed by atoms with van der Waals surface area (Å²) in [6.45, 7) is 1.63. The summed E-state index contributed by atoms with van der Waals surface area (Å²) in [5, 5.41) is 8.64. The standard InChI is InChI=1S/C13H15FN2O3/c14-11-2-1-9(13(15)19)4-10(11)7-16-5-8(6-16)3-12(17)18/h1-2,4,8H,3,5-7H2,(H2,15,19)(H,17,18). The number of carboxylic acid groups (broad SMARTS) is 1. The number of carbonyl (C=O) groups excluding carboxylic acids is 1. The Morgan fingerprint density at radius 2 is 2.11 bits per heavy atom. The number of aliphatic carboxylic acids is 1. The van der Waals surface area contributed by atoms with E-state index in [1.807, 2.05) is 4.90 Å². The van der Waals surface area contributed by atoms with Crippen LogP contribution in [0.15, 0.2) is 18.2 Å². The Morgan fingerprint density at radius 3 is 2.68 bits per heavy atom. The predicted molar refractivity (Wildman–Crippen MR) is 65.9 cm³/mol. The Hall–Kier alpha value is -1.95. The van der Waals surface area contributed by atoms with E-state index in [9.17, 15) is 14.0 Å². The molecule has 0 aromatic heterocycles. The molecular weight excluding hydrogens is 251 g/mol. The molecule has 1 aliphatic rings. The van der Waals surface area contributed by atoms with Crippen LogP contribution in [-0.2, 0) is 11.3 Å². The maximum absolute atomic E-state index is 13.6. The zero-order valence-corrected chi connectivity index (χ0v) is 10.3. The molecule has 1 aliphatic heterocycles. The van der Waals surface area contributed by atoms with Crippen LogP contribution in [0.5, 0.6) is 0 Å². The van der Waals surface area contributed by atoms with Gasteiger partial charge in [-0.25, -0.2) is 4.39 Å². The van der Waals surface area contributed by atoms with Gasteiger partial charge in [0.1, 0.15) is 5.82 Å². The van der Waals surface area contributed by atoms with Crippen LogP contribution in [0.2, 0.25) is 0 Å². The summed E-state index contributed by atoms with van der Waals surface area (Å²) in [4.78, 5) is 23.5. The minimum atomic E-state index is -0.813. The van der Waals surface area contributed by atoms with E-state index in [4.69, 9.17) is 10.8 Å². The summed E-state index contributed by atoms with van der Waals surface area (Å²) in [6.07, 6.45) is 0.139. The number of amides is 1. The zero-order valence-electron chi connectivity index (χ0n) is 10.3. The minimum Gasteiger partial charge on any atom is -0.481 e. The SMILES string of the molecule is NC(=O)c1ccc(F)c(CN2CC(CC(=O)O)C2)c1. The van der Waals surface area contributed by atoms with Crippen molar-refractivity contribution in [3.63, 3.8) is 0 Å². The van der Waals surface area contributed by atoms with Crippen molar-refractivity contribution in [2.24, 2.45) is 11.7 Å². The molecular formula is C13H15FN2O3. The van der Waals surface area contributed by atoms with E-state index in [-0.39, 0.29) is 23.7 Å². The van der Waals surface area contributed by atoms with E-state index >= 15 is 0 Å². The zero-order chi connectivity index (χ0) is 14.0. The van der Waals surface area contributed by atoms with Gasteiger partial charge in [0, 0.05) is 30.8 Å². The molecule has 0 aliphatic carbocycles. The molecule has 5 nitrogen and oxygen atoms in total. The summed E-state index contributed by atoms with van der Waals surface area (Å²) in [6, 6.07) is 4.02. The third-order valence-corrected chi connectivity index (χ3v) is 3.22. The molecule has 3 N–H and O–H groups in total. The van der Waals surface area contributed by atoms with Crippen molar-refractivity contribution in [1.82, 2.24) is 4.90 Å². The maximum atomic E-state index is 13.6. The Balaban J connectivity index is 1.95. The first-order chi connectivity index (χ1) is 8.95. The first-order valence-electron chi connectivity index (χ1n) is 5.98. The highest BCUT2D eigenvalue weighted by atomic mass is 19.1. The van der Waals surface area contributed by atoms with Crippen LogP contribution in [0.25, 0.3) is 0 Å². The van der Waals surface area contributed by atoms with Gasteiger partial charge < -0.3 is 10.8 Å². The van der Waals surface area contributed by atoms with Gasteiger partial charge in [-0.2, -0.15) is 0 Å². The maximum Gasteiger partial charge on any atom is 0.303 e. The smallest absolute Gasteiger partial charge is 0.303 e. The number of nitrogens with two attached hydrogens (primary N) is 1. The fourth-order valence-corrected chi connectivity index (χ4v) is 2.27. The highest BCUT2D eigenvalue weighted by molar-refractivity contribution is 5.92. The molecule has 1 fully saturated rings. The van der Waals surface area contributed by atoms with Gasteiger partial charge in [0.2, 0.25) is 5.91 Å². The lowest BCUT2D eigenvalue weighted by atomic mass is 9.95. The van der Waals surface area contributed by atoms with Gasteiger partial charge in [-0.1, -0.05) is 0 Å². The number of primary amides is 1. The van der Waals surface area contributed by atoms with Gasteiger partial charge in [0.15, 0.2) is 0 Å². The van der Waals surface area contributed by atoms with Gasteiger partial charge in [0.25, 0.3) is 0 Å². The van der Waals surface area contributed by atoms with E-state index < -0.39 is 11.9 Å². The molecule has 0 radical (unpaired) electrons. The van der Waals surface area contributed by atoms with Crippen molar-refractivity contribution in [1.29, 1.82) is 0 Å². The quantitative estimate of drug-likeness (QED) is 0.827. The van der Waals surface area contributed by atoms with E-state index in [0.29, 0.717) is 25.2 Å². The molecule has 19 heavy (non-hydrogen) atoms. The number of rotatable bonds is 5. The monoisotopic (exact) mass is 266 g/mol. The van der Waals surface area contributed by atoms with Gasteiger partial charge in [0.05, 0.1) is 6.42 Å². The van der Waals surface area contributed by atoms with Crippen LogP contribution in [0.1, 0.15) is 22.3 Å². The fraction of sp³-hybridized carbons (Fsp3) is 0.385. The summed E-state index contributed by atoms with van der Waals surface area (Å²) in [7, 11) is 0. The third-order valence-electron chi connectivity index (χ3n) is 3.22. The van der Waals surface area contributed by atoms with Crippen molar-refractivity contribution in [3.8, 4) is 0 Å². The number of benzene rings is 1. The second-order valence-electron chi connectivity index (χ2n) is 4.83. The molecule has 2 rings (SSSR count). The first-order valence-corrected chi connectivity index (χ1v) is 5.98. The summed E-state index contributed by atoms with van der Waals surface area (Å²) < 4.78 is 13.6. The molecule has 0 saturated carbocycles. The van der Waals surface area contributed by atoms with Crippen LogP contribution in [-0.4, -0.2) is 35.0 Å².